The molecule has 0 radical (unpaired) electrons. The summed E-state index contributed by atoms with van der Waals surface area (Å²) in [6.45, 7) is 14.3. The van der Waals surface area contributed by atoms with Gasteiger partial charge in [0, 0.05) is 25.6 Å². The molecule has 0 fully saturated rings. The van der Waals surface area contributed by atoms with E-state index in [0.717, 1.165) is 25.6 Å². The average molecular weight is 503 g/mol. The van der Waals surface area contributed by atoms with Gasteiger partial charge in [0.2, 0.25) is 5.91 Å². The van der Waals surface area contributed by atoms with Gasteiger partial charge in [-0.25, -0.2) is 0 Å². The van der Waals surface area contributed by atoms with Crippen LogP contribution in [0.4, 0.5) is 0 Å². The Morgan fingerprint density at radius 2 is 1.71 bits per heavy atom. The molecule has 0 heterocycles. The second kappa shape index (κ2) is 15.6. The number of carbonyl (C=O) groups is 1. The second-order valence-corrected chi connectivity index (χ2v) is 6.77. The van der Waals surface area contributed by atoms with E-state index in [1.54, 1.807) is 0 Å². The summed E-state index contributed by atoms with van der Waals surface area (Å²) in [5.41, 5.74) is 1.28. The molecule has 1 atom stereocenters. The molecule has 1 rings (SSSR count). The van der Waals surface area contributed by atoms with E-state index in [1.807, 2.05) is 26.8 Å². The summed E-state index contributed by atoms with van der Waals surface area (Å²) in [7, 11) is 0. The Labute approximate surface area is 188 Å². The highest BCUT2D eigenvalue weighted by atomic mass is 127. The van der Waals surface area contributed by atoms with E-state index in [9.17, 15) is 4.79 Å². The lowest BCUT2D eigenvalue weighted by Crippen LogP contribution is -2.40. The van der Waals surface area contributed by atoms with Gasteiger partial charge in [-0.3, -0.25) is 14.7 Å². The number of hydrogen-bond donors (Lipinski definition) is 3. The SMILES string of the molecule is CCNC(=NCC(c1ccccc1)N(CC)CC)NCCC(=O)NC(C)C.I. The number of benzene rings is 1. The maximum Gasteiger partial charge on any atom is 0.221 e. The second-order valence-electron chi connectivity index (χ2n) is 6.77. The number of likely N-dealkylation sites (N-methyl/N-ethyl adjacent to an activating group) is 1. The number of nitrogens with zero attached hydrogens (tertiary/aromatic N) is 2. The minimum absolute atomic E-state index is 0. The molecule has 0 aromatic heterocycles. The highest BCUT2D eigenvalue weighted by Gasteiger charge is 2.17. The number of hydrogen-bond acceptors (Lipinski definition) is 3. The number of carbonyl (C=O) groups excluding carboxylic acids is 1. The fourth-order valence-corrected chi connectivity index (χ4v) is 2.98. The predicted molar refractivity (Wildman–Crippen MR) is 129 cm³/mol. The van der Waals surface area contributed by atoms with E-state index >= 15 is 0 Å². The maximum absolute atomic E-state index is 11.8. The molecule has 0 aliphatic carbocycles. The molecule has 0 saturated heterocycles. The number of aliphatic imine (C=N–C) groups is 1. The molecule has 7 heteroatoms. The summed E-state index contributed by atoms with van der Waals surface area (Å²) < 4.78 is 0. The first kappa shape index (κ1) is 26.6. The number of nitrogens with one attached hydrogen (secondary N) is 3. The zero-order valence-corrected chi connectivity index (χ0v) is 20.3. The van der Waals surface area contributed by atoms with Gasteiger partial charge >= 0.3 is 0 Å². The van der Waals surface area contributed by atoms with Gasteiger partial charge in [-0.05, 0) is 39.4 Å². The third-order valence-corrected chi connectivity index (χ3v) is 4.30. The van der Waals surface area contributed by atoms with Crippen LogP contribution in [-0.4, -0.2) is 55.5 Å². The molecule has 0 aliphatic heterocycles. The lowest BCUT2D eigenvalue weighted by Gasteiger charge is -2.29. The zero-order chi connectivity index (χ0) is 20.1. The highest BCUT2D eigenvalue weighted by molar-refractivity contribution is 14.0. The van der Waals surface area contributed by atoms with E-state index < -0.39 is 0 Å². The van der Waals surface area contributed by atoms with Crippen molar-refractivity contribution in [1.29, 1.82) is 0 Å². The molecule has 0 spiro atoms. The molecule has 1 aromatic carbocycles. The fourth-order valence-electron chi connectivity index (χ4n) is 2.98. The van der Waals surface area contributed by atoms with Gasteiger partial charge in [0.1, 0.15) is 0 Å². The van der Waals surface area contributed by atoms with Crippen LogP contribution in [0, 0.1) is 0 Å². The van der Waals surface area contributed by atoms with Gasteiger partial charge < -0.3 is 16.0 Å². The molecule has 1 unspecified atom stereocenters. The van der Waals surface area contributed by atoms with Gasteiger partial charge in [-0.1, -0.05) is 44.2 Å². The molecule has 1 aromatic rings. The number of amides is 1. The summed E-state index contributed by atoms with van der Waals surface area (Å²) in [6, 6.07) is 10.9. The smallest absolute Gasteiger partial charge is 0.221 e. The standard InChI is InChI=1S/C21H37N5O.HI/c1-6-22-21(23-15-14-20(27)25-17(4)5)24-16-19(26(7-2)8-3)18-12-10-9-11-13-18;/h9-13,17,19H,6-8,14-16H2,1-5H3,(H,25,27)(H2,22,23,24);1H. The molecule has 0 saturated carbocycles. The van der Waals surface area contributed by atoms with Crippen molar-refractivity contribution in [1.82, 2.24) is 20.9 Å². The molecule has 0 aliphatic rings. The summed E-state index contributed by atoms with van der Waals surface area (Å²) >= 11 is 0. The molecular formula is C21H38IN5O. The molecule has 160 valence electrons. The van der Waals surface area contributed by atoms with Gasteiger partial charge in [0.15, 0.2) is 5.96 Å². The van der Waals surface area contributed by atoms with Gasteiger partial charge in [-0.2, -0.15) is 0 Å². The van der Waals surface area contributed by atoms with Crippen LogP contribution in [0.5, 0.6) is 0 Å². The van der Waals surface area contributed by atoms with Gasteiger partial charge in [-0.15, -0.1) is 24.0 Å². The summed E-state index contributed by atoms with van der Waals surface area (Å²) in [4.78, 5) is 19.0. The Morgan fingerprint density at radius 3 is 2.25 bits per heavy atom. The van der Waals surface area contributed by atoms with E-state index in [-0.39, 0.29) is 42.0 Å². The Hall–Kier alpha value is -1.35. The van der Waals surface area contributed by atoms with Crippen LogP contribution in [-0.2, 0) is 4.79 Å². The van der Waals surface area contributed by atoms with Crippen molar-refractivity contribution in [3.63, 3.8) is 0 Å². The van der Waals surface area contributed by atoms with E-state index in [0.29, 0.717) is 19.5 Å². The number of rotatable bonds is 11. The van der Waals surface area contributed by atoms with Crippen LogP contribution in [0.2, 0.25) is 0 Å². The molecule has 28 heavy (non-hydrogen) atoms. The maximum atomic E-state index is 11.8. The molecule has 1 amide bonds. The number of guanidine groups is 1. The van der Waals surface area contributed by atoms with Crippen LogP contribution in [0.3, 0.4) is 0 Å². The lowest BCUT2D eigenvalue weighted by molar-refractivity contribution is -0.121. The Kier molecular flexibility index (Phi) is 14.8. The van der Waals surface area contributed by atoms with Crippen molar-refractivity contribution in [2.24, 2.45) is 4.99 Å². The van der Waals surface area contributed by atoms with Crippen molar-refractivity contribution >= 4 is 35.8 Å². The zero-order valence-electron chi connectivity index (χ0n) is 18.0. The third kappa shape index (κ3) is 10.3. The van der Waals surface area contributed by atoms with Crippen molar-refractivity contribution in [3.8, 4) is 0 Å². The van der Waals surface area contributed by atoms with Crippen molar-refractivity contribution in [2.45, 2.75) is 53.1 Å². The van der Waals surface area contributed by atoms with Crippen LogP contribution < -0.4 is 16.0 Å². The predicted octanol–water partition coefficient (Wildman–Crippen LogP) is 3.16. The van der Waals surface area contributed by atoms with Gasteiger partial charge in [0.05, 0.1) is 12.6 Å². The largest absolute Gasteiger partial charge is 0.357 e. The summed E-state index contributed by atoms with van der Waals surface area (Å²) in [6.07, 6.45) is 0.431. The third-order valence-electron chi connectivity index (χ3n) is 4.30. The highest BCUT2D eigenvalue weighted by Crippen LogP contribution is 2.20. The first-order valence-corrected chi connectivity index (χ1v) is 10.1. The van der Waals surface area contributed by atoms with Crippen molar-refractivity contribution < 1.29 is 4.79 Å². The molecular weight excluding hydrogens is 465 g/mol. The van der Waals surface area contributed by atoms with Crippen molar-refractivity contribution in [3.05, 3.63) is 35.9 Å². The van der Waals surface area contributed by atoms with E-state index in [2.05, 4.69) is 59.0 Å². The van der Waals surface area contributed by atoms with Gasteiger partial charge in [0.25, 0.3) is 0 Å². The topological polar surface area (TPSA) is 68.8 Å². The molecule has 0 bridgehead atoms. The lowest BCUT2D eigenvalue weighted by atomic mass is 10.1. The monoisotopic (exact) mass is 503 g/mol. The van der Waals surface area contributed by atoms with Crippen LogP contribution >= 0.6 is 24.0 Å². The minimum Gasteiger partial charge on any atom is -0.357 e. The van der Waals surface area contributed by atoms with E-state index in [1.165, 1.54) is 5.56 Å². The molecule has 6 nitrogen and oxygen atoms in total. The normalized spacial score (nSPS) is 12.5. The first-order chi connectivity index (χ1) is 13.0. The summed E-state index contributed by atoms with van der Waals surface area (Å²) in [5.74, 6) is 0.807. The van der Waals surface area contributed by atoms with Crippen molar-refractivity contribution in [2.75, 3.05) is 32.7 Å². The Morgan fingerprint density at radius 1 is 1.07 bits per heavy atom. The number of halogens is 1. The van der Waals surface area contributed by atoms with Crippen LogP contribution in [0.15, 0.2) is 35.3 Å². The fraction of sp³-hybridized carbons (Fsp3) is 0.619. The molecule has 3 N–H and O–H groups in total. The first-order valence-electron chi connectivity index (χ1n) is 10.1. The summed E-state index contributed by atoms with van der Waals surface area (Å²) in [5, 5.41) is 9.44. The van der Waals surface area contributed by atoms with Crippen LogP contribution in [0.25, 0.3) is 0 Å². The minimum atomic E-state index is 0. The quantitative estimate of drug-likeness (QED) is 0.247. The Balaban J connectivity index is 0.00000729. The Bertz CT molecular complexity index is 561. The van der Waals surface area contributed by atoms with E-state index in [4.69, 9.17) is 4.99 Å². The van der Waals surface area contributed by atoms with Crippen LogP contribution in [0.1, 0.15) is 52.6 Å². The average Bonchev–Trinajstić information content (AvgIpc) is 2.65.